The average molecular weight is 246 g/mol. The number of nitrogens with zero attached hydrogens (tertiary/aromatic N) is 2. The van der Waals surface area contributed by atoms with E-state index in [0.717, 1.165) is 27.2 Å². The first kappa shape index (κ1) is 8.24. The molecule has 0 saturated carbocycles. The number of fused-ring (bicyclic) bond motifs is 1. The number of aryl methyl sites for hydroxylation is 2. The Hall–Kier alpha value is -0.371. The van der Waals surface area contributed by atoms with Gasteiger partial charge in [-0.05, 0) is 0 Å². The van der Waals surface area contributed by atoms with E-state index >= 15 is 0 Å². The second kappa shape index (κ2) is 2.84. The van der Waals surface area contributed by atoms with Crippen molar-refractivity contribution in [2.24, 2.45) is 0 Å². The van der Waals surface area contributed by atoms with E-state index in [1.165, 1.54) is 0 Å². The zero-order valence-electron chi connectivity index (χ0n) is 6.76. The quantitative estimate of drug-likeness (QED) is 0.663. The number of benzene rings is 1. The van der Waals surface area contributed by atoms with Gasteiger partial charge in [-0.1, -0.05) is 0 Å². The molecular formula is C8H7ClN2Se. The molecule has 1 aromatic carbocycles. The Morgan fingerprint density at radius 3 is 2.67 bits per heavy atom. The van der Waals surface area contributed by atoms with Crippen molar-refractivity contribution in [3.05, 3.63) is 22.2 Å². The Labute approximate surface area is 81.8 Å². The van der Waals surface area contributed by atoms with Crippen molar-refractivity contribution in [2.75, 3.05) is 0 Å². The van der Waals surface area contributed by atoms with E-state index in [0.29, 0.717) is 0 Å². The molecule has 0 aliphatic rings. The van der Waals surface area contributed by atoms with Crippen molar-refractivity contribution in [1.29, 1.82) is 0 Å². The summed E-state index contributed by atoms with van der Waals surface area (Å²) >= 11 is 6.05. The van der Waals surface area contributed by atoms with Gasteiger partial charge in [0.05, 0.1) is 0 Å². The Morgan fingerprint density at radius 1 is 1.25 bits per heavy atom. The predicted molar refractivity (Wildman–Crippen MR) is 51.0 cm³/mol. The molecular weight excluding hydrogens is 239 g/mol. The monoisotopic (exact) mass is 246 g/mol. The van der Waals surface area contributed by atoms with Crippen LogP contribution in [0.4, 0.5) is 0 Å². The topological polar surface area (TPSA) is 25.8 Å². The molecule has 0 spiro atoms. The molecule has 0 atom stereocenters. The fourth-order valence-electron chi connectivity index (χ4n) is 1.17. The summed E-state index contributed by atoms with van der Waals surface area (Å²) in [6.07, 6.45) is 0. The van der Waals surface area contributed by atoms with Gasteiger partial charge < -0.3 is 0 Å². The number of hydrogen-bond acceptors (Lipinski definition) is 2. The maximum atomic E-state index is 6.00. The van der Waals surface area contributed by atoms with Crippen LogP contribution in [0.15, 0.2) is 6.07 Å². The molecule has 0 aliphatic heterocycles. The predicted octanol–water partition coefficient (Wildman–Crippen LogP) is 1.96. The molecule has 1 heterocycles. The van der Waals surface area contributed by atoms with Crippen molar-refractivity contribution < 1.29 is 0 Å². The summed E-state index contributed by atoms with van der Waals surface area (Å²) in [4.78, 5) is 0. The maximum absolute atomic E-state index is 6.00. The average Bonchev–Trinajstić information content (AvgIpc) is 2.48. The molecule has 12 heavy (non-hydrogen) atoms. The van der Waals surface area contributed by atoms with Gasteiger partial charge in [-0.2, -0.15) is 0 Å². The number of halogens is 1. The van der Waals surface area contributed by atoms with Gasteiger partial charge >= 0.3 is 81.6 Å². The summed E-state index contributed by atoms with van der Waals surface area (Å²) in [5, 5.41) is 0.794. The van der Waals surface area contributed by atoms with Crippen molar-refractivity contribution in [3.63, 3.8) is 0 Å². The zero-order valence-corrected chi connectivity index (χ0v) is 9.23. The molecule has 0 fully saturated rings. The van der Waals surface area contributed by atoms with Gasteiger partial charge in [-0.15, -0.1) is 0 Å². The van der Waals surface area contributed by atoms with Crippen LogP contribution in [0.2, 0.25) is 5.02 Å². The van der Waals surface area contributed by atoms with E-state index in [2.05, 4.69) is 7.96 Å². The standard InChI is InChI=1S/C8H7ClN2Se/c1-4-3-6(9)5(2)8-7(4)10-12-11-8/h3H,1-2H3. The number of rotatable bonds is 0. The Bertz CT molecular complexity index is 436. The summed E-state index contributed by atoms with van der Waals surface area (Å²) in [6.45, 7) is 4.01. The first-order valence-corrected chi connectivity index (χ1v) is 5.49. The molecule has 2 rings (SSSR count). The molecule has 4 heteroatoms. The molecule has 0 unspecified atom stereocenters. The van der Waals surface area contributed by atoms with Crippen molar-refractivity contribution in [3.8, 4) is 0 Å². The van der Waals surface area contributed by atoms with Crippen LogP contribution in [-0.4, -0.2) is 22.9 Å². The van der Waals surface area contributed by atoms with Gasteiger partial charge in [0.2, 0.25) is 0 Å². The van der Waals surface area contributed by atoms with Crippen LogP contribution in [0, 0.1) is 13.8 Å². The van der Waals surface area contributed by atoms with Crippen LogP contribution >= 0.6 is 11.6 Å². The number of aromatic nitrogens is 2. The van der Waals surface area contributed by atoms with Crippen LogP contribution < -0.4 is 0 Å². The fourth-order valence-corrected chi connectivity index (χ4v) is 2.81. The second-order valence-corrected chi connectivity index (χ2v) is 4.28. The molecule has 0 bridgehead atoms. The fraction of sp³-hybridized carbons (Fsp3) is 0.250. The Kier molecular flexibility index (Phi) is 1.95. The normalized spacial score (nSPS) is 10.9. The first-order valence-electron chi connectivity index (χ1n) is 3.58. The summed E-state index contributed by atoms with van der Waals surface area (Å²) < 4.78 is 8.67. The van der Waals surface area contributed by atoms with Crippen LogP contribution in [0.3, 0.4) is 0 Å². The van der Waals surface area contributed by atoms with Gasteiger partial charge in [-0.25, -0.2) is 0 Å². The SMILES string of the molecule is Cc1cc(Cl)c(C)c2n[se]nc12. The van der Waals surface area contributed by atoms with Gasteiger partial charge in [0, 0.05) is 0 Å². The van der Waals surface area contributed by atoms with E-state index in [9.17, 15) is 0 Å². The molecule has 1 aromatic heterocycles. The summed E-state index contributed by atoms with van der Waals surface area (Å²) in [7, 11) is 0. The van der Waals surface area contributed by atoms with Gasteiger partial charge in [0.1, 0.15) is 0 Å². The Morgan fingerprint density at radius 2 is 1.92 bits per heavy atom. The van der Waals surface area contributed by atoms with Crippen LogP contribution in [-0.2, 0) is 0 Å². The summed E-state index contributed by atoms with van der Waals surface area (Å²) in [5.41, 5.74) is 4.22. The van der Waals surface area contributed by atoms with Gasteiger partial charge in [0.15, 0.2) is 0 Å². The van der Waals surface area contributed by atoms with E-state index in [1.807, 2.05) is 19.9 Å². The molecule has 2 nitrogen and oxygen atoms in total. The molecule has 0 radical (unpaired) electrons. The van der Waals surface area contributed by atoms with Gasteiger partial charge in [-0.3, -0.25) is 0 Å². The van der Waals surface area contributed by atoms with Crippen molar-refractivity contribution in [2.45, 2.75) is 13.8 Å². The van der Waals surface area contributed by atoms with E-state index < -0.39 is 0 Å². The number of hydrogen-bond donors (Lipinski definition) is 0. The third-order valence-corrected chi connectivity index (χ3v) is 3.42. The molecule has 0 aliphatic carbocycles. The third kappa shape index (κ3) is 1.09. The Balaban J connectivity index is 2.97. The van der Waals surface area contributed by atoms with E-state index in [4.69, 9.17) is 11.6 Å². The second-order valence-electron chi connectivity index (χ2n) is 2.76. The van der Waals surface area contributed by atoms with Gasteiger partial charge in [0.25, 0.3) is 0 Å². The third-order valence-electron chi connectivity index (χ3n) is 1.92. The molecule has 2 aromatic rings. The first-order chi connectivity index (χ1) is 5.70. The van der Waals surface area contributed by atoms with Crippen molar-refractivity contribution in [1.82, 2.24) is 7.96 Å². The van der Waals surface area contributed by atoms with E-state index in [1.54, 1.807) is 0 Å². The van der Waals surface area contributed by atoms with Crippen LogP contribution in [0.25, 0.3) is 11.0 Å². The van der Waals surface area contributed by atoms with Crippen molar-refractivity contribution >= 4 is 37.6 Å². The molecule has 0 N–H and O–H groups in total. The zero-order chi connectivity index (χ0) is 8.72. The molecule has 0 amide bonds. The summed E-state index contributed by atoms with van der Waals surface area (Å²) in [5.74, 6) is 0. The van der Waals surface area contributed by atoms with Crippen LogP contribution in [0.5, 0.6) is 0 Å². The minimum atomic E-state index is 0.0442. The van der Waals surface area contributed by atoms with Crippen LogP contribution in [0.1, 0.15) is 11.1 Å². The molecule has 62 valence electrons. The minimum absolute atomic E-state index is 0.0442. The molecule has 0 saturated heterocycles. The summed E-state index contributed by atoms with van der Waals surface area (Å²) in [6, 6.07) is 1.95. The van der Waals surface area contributed by atoms with E-state index in [-0.39, 0.29) is 15.0 Å².